The summed E-state index contributed by atoms with van der Waals surface area (Å²) in [5, 5.41) is 3.95. The molecule has 0 unspecified atom stereocenters. The van der Waals surface area contributed by atoms with Crippen molar-refractivity contribution >= 4 is 34.4 Å². The van der Waals surface area contributed by atoms with E-state index in [-0.39, 0.29) is 11.8 Å². The average Bonchev–Trinajstić information content (AvgIpc) is 3.56. The van der Waals surface area contributed by atoms with Crippen LogP contribution in [0.2, 0.25) is 0 Å². The number of H-pyrrole nitrogens is 1. The molecule has 2 N–H and O–H groups in total. The molecule has 0 radical (unpaired) electrons. The van der Waals surface area contributed by atoms with Gasteiger partial charge in [0.2, 0.25) is 0 Å². The Morgan fingerprint density at radius 3 is 2.20 bits per heavy atom. The van der Waals surface area contributed by atoms with Gasteiger partial charge in [-0.25, -0.2) is 9.69 Å². The number of nitrogens with zero attached hydrogens (tertiary/aromatic N) is 2. The maximum absolute atomic E-state index is 14.1. The van der Waals surface area contributed by atoms with Gasteiger partial charge in [-0.3, -0.25) is 14.5 Å². The molecule has 3 heterocycles. The normalized spacial score (nSPS) is 17.4. The lowest BCUT2D eigenvalue weighted by atomic mass is 9.89. The van der Waals surface area contributed by atoms with Crippen molar-refractivity contribution in [1.29, 1.82) is 0 Å². The van der Waals surface area contributed by atoms with E-state index in [4.69, 9.17) is 9.47 Å². The highest BCUT2D eigenvalue weighted by atomic mass is 16.5. The first-order valence-corrected chi connectivity index (χ1v) is 14.4. The molecule has 220 valence electrons. The van der Waals surface area contributed by atoms with Crippen LogP contribution in [0.15, 0.2) is 97.1 Å². The number of para-hydroxylation sites is 1. The van der Waals surface area contributed by atoms with Crippen molar-refractivity contribution in [2.24, 2.45) is 0 Å². The SMILES string of the molecule is COc1ccc(CNC(=O)c2ccc(N3C(=O)[C@@H]4Cc5c([nH]c6ccccc56)[C@H](c5ccc(OC)cc5)N4C3=O)cc2)cc1. The molecule has 0 saturated carbocycles. The Morgan fingerprint density at radius 2 is 1.52 bits per heavy atom. The molecule has 2 aliphatic rings. The number of aromatic amines is 1. The molecular weight excluding hydrogens is 556 g/mol. The van der Waals surface area contributed by atoms with Gasteiger partial charge in [-0.1, -0.05) is 42.5 Å². The Bertz CT molecular complexity index is 1880. The first-order chi connectivity index (χ1) is 21.5. The summed E-state index contributed by atoms with van der Waals surface area (Å²) in [7, 11) is 3.21. The van der Waals surface area contributed by atoms with Gasteiger partial charge in [-0.05, 0) is 71.3 Å². The number of hydrogen-bond donors (Lipinski definition) is 2. The van der Waals surface area contributed by atoms with Crippen LogP contribution >= 0.6 is 0 Å². The molecule has 0 aliphatic carbocycles. The van der Waals surface area contributed by atoms with E-state index < -0.39 is 18.1 Å². The molecule has 1 fully saturated rings. The van der Waals surface area contributed by atoms with Crippen LogP contribution in [0, 0.1) is 0 Å². The van der Waals surface area contributed by atoms with E-state index >= 15 is 0 Å². The van der Waals surface area contributed by atoms with Crippen molar-refractivity contribution in [2.75, 3.05) is 19.1 Å². The third-order valence-corrected chi connectivity index (χ3v) is 8.48. The number of anilines is 1. The number of nitrogens with one attached hydrogen (secondary N) is 2. The summed E-state index contributed by atoms with van der Waals surface area (Å²) < 4.78 is 10.5. The molecule has 4 aromatic carbocycles. The first-order valence-electron chi connectivity index (χ1n) is 14.4. The molecule has 5 aromatic rings. The lowest BCUT2D eigenvalue weighted by Crippen LogP contribution is -2.44. The minimum absolute atomic E-state index is 0.256. The van der Waals surface area contributed by atoms with Crippen molar-refractivity contribution in [3.05, 3.63) is 125 Å². The van der Waals surface area contributed by atoms with Gasteiger partial charge in [-0.2, -0.15) is 0 Å². The highest BCUT2D eigenvalue weighted by Crippen LogP contribution is 2.45. The fourth-order valence-electron chi connectivity index (χ4n) is 6.23. The van der Waals surface area contributed by atoms with Gasteiger partial charge in [0.05, 0.1) is 19.9 Å². The number of urea groups is 1. The van der Waals surface area contributed by atoms with Crippen molar-refractivity contribution in [2.45, 2.75) is 25.0 Å². The fraction of sp³-hybridized carbons (Fsp3) is 0.171. The van der Waals surface area contributed by atoms with E-state index in [0.717, 1.165) is 39.0 Å². The second-order valence-electron chi connectivity index (χ2n) is 10.9. The Balaban J connectivity index is 1.17. The summed E-state index contributed by atoms with van der Waals surface area (Å²) in [6.45, 7) is 0.353. The Kier molecular flexibility index (Phi) is 6.77. The topological polar surface area (TPSA) is 104 Å². The number of ether oxygens (including phenoxy) is 2. The van der Waals surface area contributed by atoms with Crippen molar-refractivity contribution in [1.82, 2.24) is 15.2 Å². The van der Waals surface area contributed by atoms with Crippen LogP contribution < -0.4 is 19.7 Å². The van der Waals surface area contributed by atoms with Crippen LogP contribution in [0.3, 0.4) is 0 Å². The smallest absolute Gasteiger partial charge is 0.332 e. The molecule has 1 aromatic heterocycles. The third kappa shape index (κ3) is 4.53. The lowest BCUT2D eigenvalue weighted by Gasteiger charge is -2.36. The Morgan fingerprint density at radius 1 is 0.864 bits per heavy atom. The molecule has 2 aliphatic heterocycles. The van der Waals surface area contributed by atoms with E-state index in [2.05, 4.69) is 10.3 Å². The van der Waals surface area contributed by atoms with Crippen LogP contribution in [0.1, 0.15) is 38.8 Å². The van der Waals surface area contributed by atoms with E-state index in [9.17, 15) is 14.4 Å². The van der Waals surface area contributed by atoms with Crippen LogP contribution in [0.4, 0.5) is 10.5 Å². The minimum atomic E-state index is -0.672. The van der Waals surface area contributed by atoms with Crippen molar-refractivity contribution in [3.63, 3.8) is 0 Å². The van der Waals surface area contributed by atoms with Gasteiger partial charge in [0.15, 0.2) is 0 Å². The van der Waals surface area contributed by atoms with Crippen LogP contribution in [0.5, 0.6) is 11.5 Å². The number of carbonyl (C=O) groups is 3. The zero-order valence-corrected chi connectivity index (χ0v) is 24.2. The lowest BCUT2D eigenvalue weighted by molar-refractivity contribution is -0.120. The van der Waals surface area contributed by atoms with E-state index in [1.807, 2.05) is 72.8 Å². The van der Waals surface area contributed by atoms with Crippen LogP contribution in [-0.4, -0.2) is 48.0 Å². The largest absolute Gasteiger partial charge is 0.497 e. The summed E-state index contributed by atoms with van der Waals surface area (Å²) in [5.74, 6) is 0.904. The van der Waals surface area contributed by atoms with Gasteiger partial charge in [-0.15, -0.1) is 0 Å². The predicted molar refractivity (Wildman–Crippen MR) is 166 cm³/mol. The van der Waals surface area contributed by atoms with Crippen LogP contribution in [0.25, 0.3) is 10.9 Å². The number of fused-ring (bicyclic) bond motifs is 4. The van der Waals surface area contributed by atoms with Crippen LogP contribution in [-0.2, 0) is 17.8 Å². The maximum Gasteiger partial charge on any atom is 0.332 e. The molecule has 0 spiro atoms. The van der Waals surface area contributed by atoms with Gasteiger partial charge in [0, 0.05) is 35.1 Å². The highest BCUT2D eigenvalue weighted by molar-refractivity contribution is 6.22. The number of benzene rings is 4. The Labute approximate surface area is 254 Å². The summed E-state index contributed by atoms with van der Waals surface area (Å²) in [5.41, 5.74) is 5.56. The maximum atomic E-state index is 14.1. The summed E-state index contributed by atoms with van der Waals surface area (Å²) in [4.78, 5) is 47.4. The van der Waals surface area contributed by atoms with Crippen molar-refractivity contribution < 1.29 is 23.9 Å². The molecule has 1 saturated heterocycles. The molecule has 4 amide bonds. The average molecular weight is 587 g/mol. The fourth-order valence-corrected chi connectivity index (χ4v) is 6.23. The van der Waals surface area contributed by atoms with E-state index in [1.165, 1.54) is 4.90 Å². The summed E-state index contributed by atoms with van der Waals surface area (Å²) >= 11 is 0. The second-order valence-corrected chi connectivity index (χ2v) is 10.9. The number of aromatic nitrogens is 1. The van der Waals surface area contributed by atoms with Crippen molar-refractivity contribution in [3.8, 4) is 11.5 Å². The molecular formula is C35H30N4O5. The third-order valence-electron chi connectivity index (χ3n) is 8.48. The van der Waals surface area contributed by atoms with E-state index in [1.54, 1.807) is 43.4 Å². The first kappa shape index (κ1) is 27.3. The van der Waals surface area contributed by atoms with Gasteiger partial charge < -0.3 is 19.8 Å². The van der Waals surface area contributed by atoms with Gasteiger partial charge in [0.25, 0.3) is 11.8 Å². The highest BCUT2D eigenvalue weighted by Gasteiger charge is 2.53. The number of imide groups is 1. The molecule has 9 nitrogen and oxygen atoms in total. The molecule has 9 heteroatoms. The molecule has 0 bridgehead atoms. The predicted octanol–water partition coefficient (Wildman–Crippen LogP) is 5.60. The van der Waals surface area contributed by atoms with E-state index in [0.29, 0.717) is 30.0 Å². The zero-order chi connectivity index (χ0) is 30.4. The second kappa shape index (κ2) is 10.9. The number of hydrogen-bond acceptors (Lipinski definition) is 5. The standard InChI is InChI=1S/C35H30N4O5/c1-43-25-15-7-21(8-16-25)20-36-33(40)23-9-13-24(14-10-23)38-34(41)30-19-28-27-5-3-4-6-29(27)37-31(28)32(39(30)35(38)42)22-11-17-26(44-2)18-12-22/h3-18,30,32,37H,19-20H2,1-2H3,(H,36,40)/t30-,32-/m0/s1. The summed E-state index contributed by atoms with van der Waals surface area (Å²) in [6.07, 6.45) is 0.402. The zero-order valence-electron chi connectivity index (χ0n) is 24.2. The minimum Gasteiger partial charge on any atom is -0.497 e. The monoisotopic (exact) mass is 586 g/mol. The number of methoxy groups -OCH3 is 2. The molecule has 2 atom stereocenters. The molecule has 44 heavy (non-hydrogen) atoms. The van der Waals surface area contributed by atoms with Gasteiger partial charge in [0.1, 0.15) is 23.6 Å². The Hall–Kier alpha value is -5.57. The number of rotatable bonds is 7. The number of amides is 4. The number of carbonyl (C=O) groups excluding carboxylic acids is 3. The summed E-state index contributed by atoms with van der Waals surface area (Å²) in [6, 6.07) is 28.0. The quantitative estimate of drug-likeness (QED) is 0.242. The van der Waals surface area contributed by atoms with Gasteiger partial charge >= 0.3 is 6.03 Å². The molecule has 7 rings (SSSR count).